The van der Waals surface area contributed by atoms with Crippen molar-refractivity contribution in [3.05, 3.63) is 18.0 Å². The first-order valence-electron chi connectivity index (χ1n) is 3.63. The Morgan fingerprint density at radius 2 is 2.23 bits per heavy atom. The summed E-state index contributed by atoms with van der Waals surface area (Å²) in [5.41, 5.74) is 0.194. The molecule has 0 atom stereocenters. The molecule has 0 unspecified atom stereocenters. The maximum Gasteiger partial charge on any atom is 0.499 e. The van der Waals surface area contributed by atoms with Gasteiger partial charge in [0.25, 0.3) is 0 Å². The summed E-state index contributed by atoms with van der Waals surface area (Å²) < 4.78 is 36.3. The average Bonchev–Trinajstić information content (AvgIpc) is 2.31. The number of aromatic nitrogens is 2. The van der Waals surface area contributed by atoms with Crippen molar-refractivity contribution in [1.82, 2.24) is 9.78 Å². The smallest absolute Gasteiger partial charge is 0.448 e. The molecule has 0 aliphatic carbocycles. The summed E-state index contributed by atoms with van der Waals surface area (Å²) in [4.78, 5) is 10.7. The summed E-state index contributed by atoms with van der Waals surface area (Å²) >= 11 is 0. The van der Waals surface area contributed by atoms with Crippen LogP contribution in [0.2, 0.25) is 0 Å². The minimum atomic E-state index is -4.90. The van der Waals surface area contributed by atoms with Gasteiger partial charge in [-0.25, -0.2) is 0 Å². The second kappa shape index (κ2) is 3.23. The van der Waals surface area contributed by atoms with E-state index in [-0.39, 0.29) is 11.3 Å². The highest BCUT2D eigenvalue weighted by molar-refractivity contribution is 6.57. The lowest BCUT2D eigenvalue weighted by Crippen LogP contribution is -2.24. The number of rotatable bonds is 3. The first-order chi connectivity index (χ1) is 5.88. The number of hydrogen-bond acceptors (Lipinski definition) is 2. The number of hydrogen-bond donors (Lipinski definition) is 0. The zero-order chi connectivity index (χ0) is 10.1. The van der Waals surface area contributed by atoms with E-state index in [0.717, 1.165) is 17.1 Å². The summed E-state index contributed by atoms with van der Waals surface area (Å²) in [5, 5.41) is 3.41. The molecule has 1 aromatic heterocycles. The van der Waals surface area contributed by atoms with E-state index in [1.807, 2.05) is 0 Å². The Morgan fingerprint density at radius 1 is 1.62 bits per heavy atom. The molecule has 0 saturated carbocycles. The second-order valence-electron chi connectivity index (χ2n) is 2.72. The van der Waals surface area contributed by atoms with Crippen molar-refractivity contribution in [1.29, 1.82) is 0 Å². The predicted octanol–water partition coefficient (Wildman–Crippen LogP) is 1.47. The van der Waals surface area contributed by atoms with Crippen LogP contribution < -0.4 is 0 Å². The largest absolute Gasteiger partial charge is 0.499 e. The molecule has 7 heteroatoms. The lowest BCUT2D eigenvalue weighted by Gasteiger charge is -2.12. The van der Waals surface area contributed by atoms with Crippen LogP contribution in [0.1, 0.15) is 17.3 Å². The van der Waals surface area contributed by atoms with Gasteiger partial charge in [0.05, 0.1) is 11.8 Å². The predicted molar refractivity (Wildman–Crippen MR) is 41.3 cm³/mol. The molecule has 13 heavy (non-hydrogen) atoms. The van der Waals surface area contributed by atoms with Gasteiger partial charge in [-0.1, -0.05) is 0 Å². The van der Waals surface area contributed by atoms with Crippen LogP contribution in [0.3, 0.4) is 0 Å². The van der Waals surface area contributed by atoms with E-state index in [2.05, 4.69) is 5.10 Å². The zero-order valence-corrected chi connectivity index (χ0v) is 6.88. The molecule has 1 heterocycles. The molecule has 3 nitrogen and oxygen atoms in total. The van der Waals surface area contributed by atoms with Gasteiger partial charge in [-0.15, -0.1) is 0 Å². The van der Waals surface area contributed by atoms with E-state index < -0.39 is 13.4 Å². The molecule has 0 aliphatic rings. The highest BCUT2D eigenvalue weighted by Gasteiger charge is 2.24. The number of ketones is 1. The zero-order valence-electron chi connectivity index (χ0n) is 6.88. The van der Waals surface area contributed by atoms with Crippen molar-refractivity contribution in [2.75, 3.05) is 0 Å². The molecule has 1 rings (SSSR count). The van der Waals surface area contributed by atoms with Gasteiger partial charge in [0.2, 0.25) is 0 Å². The Morgan fingerprint density at radius 3 is 2.62 bits per heavy atom. The number of halogens is 3. The molecule has 0 N–H and O–H groups in total. The van der Waals surface area contributed by atoms with Gasteiger partial charge in [0.1, 0.15) is 0 Å². The molecule has 0 saturated heterocycles. The van der Waals surface area contributed by atoms with Crippen LogP contribution in [-0.4, -0.2) is 22.5 Å². The Hall–Kier alpha value is -1.27. The highest BCUT2D eigenvalue weighted by atomic mass is 19.4. The molecule has 0 radical (unpaired) electrons. The maximum atomic E-state index is 11.9. The second-order valence-corrected chi connectivity index (χ2v) is 2.72. The van der Waals surface area contributed by atoms with Crippen LogP contribution >= 0.6 is 0 Å². The van der Waals surface area contributed by atoms with Crippen LogP contribution in [0, 0.1) is 0 Å². The van der Waals surface area contributed by atoms with Crippen LogP contribution in [0.25, 0.3) is 0 Å². The van der Waals surface area contributed by atoms with Gasteiger partial charge < -0.3 is 12.9 Å². The Bertz CT molecular complexity index is 320. The van der Waals surface area contributed by atoms with Gasteiger partial charge in [-0.3, -0.25) is 9.48 Å². The monoisotopic (exact) mass is 191 g/mol. The summed E-state index contributed by atoms with van der Waals surface area (Å²) in [7, 11) is 0. The van der Waals surface area contributed by atoms with E-state index in [1.165, 1.54) is 6.92 Å². The molecule has 0 amide bonds. The fourth-order valence-corrected chi connectivity index (χ4v) is 0.857. The van der Waals surface area contributed by atoms with Crippen LogP contribution in [-0.2, 0) is 6.44 Å². The summed E-state index contributed by atoms with van der Waals surface area (Å²) in [6.07, 6.45) is 1.12. The summed E-state index contributed by atoms with van der Waals surface area (Å²) in [6, 6.07) is 0. The van der Waals surface area contributed by atoms with Crippen LogP contribution in [0.4, 0.5) is 12.9 Å². The SMILES string of the molecule is CC(=O)c1cnn(C[B-](F)(F)F)c1. The third-order valence-corrected chi connectivity index (χ3v) is 1.43. The van der Waals surface area contributed by atoms with E-state index >= 15 is 0 Å². The van der Waals surface area contributed by atoms with Crippen LogP contribution in [0.5, 0.6) is 0 Å². The minimum Gasteiger partial charge on any atom is -0.448 e. The third kappa shape index (κ3) is 2.92. The third-order valence-electron chi connectivity index (χ3n) is 1.43. The molecule has 0 aliphatic heterocycles. The normalized spacial score (nSPS) is 11.7. The first-order valence-corrected chi connectivity index (χ1v) is 3.63. The number of nitrogens with zero attached hydrogens (tertiary/aromatic N) is 2. The number of carbonyl (C=O) groups excluding carboxylic acids is 1. The summed E-state index contributed by atoms with van der Waals surface area (Å²) in [6.45, 7) is -3.62. The average molecular weight is 191 g/mol. The fraction of sp³-hybridized carbons (Fsp3) is 0.333. The highest BCUT2D eigenvalue weighted by Crippen LogP contribution is 2.11. The van der Waals surface area contributed by atoms with E-state index in [9.17, 15) is 17.7 Å². The van der Waals surface area contributed by atoms with Gasteiger partial charge in [0, 0.05) is 12.6 Å². The minimum absolute atomic E-state index is 0.194. The van der Waals surface area contributed by atoms with Gasteiger partial charge in [0.15, 0.2) is 5.78 Å². The van der Waals surface area contributed by atoms with Gasteiger partial charge in [-0.2, -0.15) is 5.10 Å². The van der Waals surface area contributed by atoms with Crippen molar-refractivity contribution in [2.45, 2.75) is 13.4 Å². The van der Waals surface area contributed by atoms with Crippen molar-refractivity contribution >= 4 is 12.8 Å². The number of carbonyl (C=O) groups is 1. The summed E-state index contributed by atoms with van der Waals surface area (Å²) in [5.74, 6) is -0.291. The number of Topliss-reactive ketones (excluding diaryl/α,β-unsaturated/α-hetero) is 1. The molecular formula is C6H7BF3N2O-. The molecule has 1 aromatic rings. The molecular weight excluding hydrogens is 184 g/mol. The first kappa shape index (κ1) is 9.82. The molecule has 72 valence electrons. The fourth-order valence-electron chi connectivity index (χ4n) is 0.857. The van der Waals surface area contributed by atoms with E-state index in [0.29, 0.717) is 0 Å². The standard InChI is InChI=1S/C6H7BF3N2O/c1-5(13)6-2-11-12(3-6)4-7(8,9)10/h2-3H,4H2,1H3/q-1. The topological polar surface area (TPSA) is 34.9 Å². The van der Waals surface area contributed by atoms with Crippen LogP contribution in [0.15, 0.2) is 12.4 Å². The molecule has 0 fully saturated rings. The van der Waals surface area contributed by atoms with Crippen molar-refractivity contribution in [2.24, 2.45) is 0 Å². The lowest BCUT2D eigenvalue weighted by atomic mass is 9.93. The molecule has 0 bridgehead atoms. The Kier molecular flexibility index (Phi) is 2.44. The molecule has 0 aromatic carbocycles. The quantitative estimate of drug-likeness (QED) is 0.535. The van der Waals surface area contributed by atoms with Crippen molar-refractivity contribution in [3.63, 3.8) is 0 Å². The van der Waals surface area contributed by atoms with E-state index in [1.54, 1.807) is 0 Å². The lowest BCUT2D eigenvalue weighted by molar-refractivity contribution is 0.101. The van der Waals surface area contributed by atoms with Gasteiger partial charge in [-0.05, 0) is 6.92 Å². The van der Waals surface area contributed by atoms with Gasteiger partial charge >= 0.3 is 6.98 Å². The van der Waals surface area contributed by atoms with E-state index in [4.69, 9.17) is 0 Å². The Labute approximate surface area is 72.6 Å². The maximum absolute atomic E-state index is 11.9. The van der Waals surface area contributed by atoms with Crippen molar-refractivity contribution in [3.8, 4) is 0 Å². The molecule has 0 spiro atoms. The van der Waals surface area contributed by atoms with Crippen molar-refractivity contribution < 1.29 is 17.7 Å². The Balaban J connectivity index is 2.75.